The van der Waals surface area contributed by atoms with Crippen LogP contribution in [0.2, 0.25) is 5.02 Å². The molecular weight excluding hydrogens is 408 g/mol. The van der Waals surface area contributed by atoms with Gasteiger partial charge in [-0.1, -0.05) is 42.8 Å². The van der Waals surface area contributed by atoms with Crippen LogP contribution >= 0.6 is 23.4 Å². The van der Waals surface area contributed by atoms with Crippen molar-refractivity contribution in [1.82, 2.24) is 10.2 Å². The molecule has 0 aliphatic heterocycles. The van der Waals surface area contributed by atoms with Gasteiger partial charge in [-0.05, 0) is 41.8 Å². The third kappa shape index (κ3) is 6.98. The van der Waals surface area contributed by atoms with E-state index in [2.05, 4.69) is 5.32 Å². The number of thioether (sulfide) groups is 1. The molecule has 0 fully saturated rings. The number of halogens is 1. The van der Waals surface area contributed by atoms with Crippen LogP contribution in [-0.4, -0.2) is 42.7 Å². The van der Waals surface area contributed by atoms with Crippen molar-refractivity contribution in [2.24, 2.45) is 0 Å². The number of hydrogen-bond acceptors (Lipinski definition) is 4. The molecule has 0 aliphatic rings. The molecular formula is C22H27ClN2O3S. The summed E-state index contributed by atoms with van der Waals surface area (Å²) < 4.78 is 5.17. The Hall–Kier alpha value is -2.18. The Balaban J connectivity index is 2.05. The Morgan fingerprint density at radius 1 is 1.10 bits per heavy atom. The van der Waals surface area contributed by atoms with Crippen molar-refractivity contribution in [2.75, 3.05) is 19.9 Å². The van der Waals surface area contributed by atoms with Crippen LogP contribution in [0.4, 0.5) is 0 Å². The zero-order chi connectivity index (χ0) is 21.2. The summed E-state index contributed by atoms with van der Waals surface area (Å²) in [5.74, 6) is 1.60. The average molecular weight is 435 g/mol. The number of likely N-dealkylation sites (N-methyl/N-ethyl adjacent to an activating group) is 1. The molecule has 0 saturated heterocycles. The highest BCUT2D eigenvalue weighted by Crippen LogP contribution is 2.19. The van der Waals surface area contributed by atoms with Crippen LogP contribution in [0.15, 0.2) is 48.5 Å². The van der Waals surface area contributed by atoms with Crippen molar-refractivity contribution in [3.8, 4) is 5.75 Å². The van der Waals surface area contributed by atoms with E-state index in [9.17, 15) is 9.59 Å². The van der Waals surface area contributed by atoms with Gasteiger partial charge in [-0.25, -0.2) is 0 Å². The van der Waals surface area contributed by atoms with E-state index in [0.29, 0.717) is 29.5 Å². The standard InChI is InChI=1S/C22H27ClN2O3S/c1-4-20(22(27)24-2)25(13-16-5-9-18(23)10-6-16)21(26)15-29-14-17-7-11-19(28-3)12-8-17/h5-12,20H,4,13-15H2,1-3H3,(H,24,27)/t20-/m1/s1. The molecule has 2 amide bonds. The van der Waals surface area contributed by atoms with E-state index < -0.39 is 6.04 Å². The van der Waals surface area contributed by atoms with Crippen LogP contribution in [0.25, 0.3) is 0 Å². The first kappa shape index (κ1) is 23.1. The Labute approximate surface area is 181 Å². The van der Waals surface area contributed by atoms with Crippen LogP contribution in [0.1, 0.15) is 24.5 Å². The Morgan fingerprint density at radius 3 is 2.28 bits per heavy atom. The summed E-state index contributed by atoms with van der Waals surface area (Å²) >= 11 is 7.50. The van der Waals surface area contributed by atoms with E-state index in [1.165, 1.54) is 11.8 Å². The van der Waals surface area contributed by atoms with Gasteiger partial charge in [0.15, 0.2) is 0 Å². The first-order valence-corrected chi connectivity index (χ1v) is 11.0. The summed E-state index contributed by atoms with van der Waals surface area (Å²) in [7, 11) is 3.22. The van der Waals surface area contributed by atoms with Gasteiger partial charge in [-0.3, -0.25) is 9.59 Å². The average Bonchev–Trinajstić information content (AvgIpc) is 2.75. The monoisotopic (exact) mass is 434 g/mol. The number of carbonyl (C=O) groups is 2. The van der Waals surface area contributed by atoms with Crippen LogP contribution in [0.3, 0.4) is 0 Å². The lowest BCUT2D eigenvalue weighted by atomic mass is 10.1. The number of rotatable bonds is 10. The Morgan fingerprint density at radius 2 is 1.72 bits per heavy atom. The minimum absolute atomic E-state index is 0.0612. The van der Waals surface area contributed by atoms with Gasteiger partial charge < -0.3 is 15.0 Å². The first-order chi connectivity index (χ1) is 14.0. The number of amides is 2. The molecule has 0 spiro atoms. The van der Waals surface area contributed by atoms with Crippen molar-refractivity contribution in [2.45, 2.75) is 31.7 Å². The zero-order valence-corrected chi connectivity index (χ0v) is 18.6. The highest BCUT2D eigenvalue weighted by molar-refractivity contribution is 7.99. The summed E-state index contributed by atoms with van der Waals surface area (Å²) in [6, 6.07) is 14.6. The number of carbonyl (C=O) groups excluding carboxylic acids is 2. The molecule has 0 heterocycles. The molecule has 1 N–H and O–H groups in total. The zero-order valence-electron chi connectivity index (χ0n) is 17.0. The Bertz CT molecular complexity index is 797. The maximum atomic E-state index is 13.0. The van der Waals surface area contributed by atoms with Gasteiger partial charge in [-0.2, -0.15) is 0 Å². The molecule has 2 rings (SSSR count). The smallest absolute Gasteiger partial charge is 0.242 e. The van der Waals surface area contributed by atoms with Crippen LogP contribution < -0.4 is 10.1 Å². The normalized spacial score (nSPS) is 11.6. The van der Waals surface area contributed by atoms with Gasteiger partial charge in [0.2, 0.25) is 11.8 Å². The van der Waals surface area contributed by atoms with E-state index in [1.54, 1.807) is 31.2 Å². The first-order valence-electron chi connectivity index (χ1n) is 9.44. The second kappa shape index (κ2) is 11.7. The lowest BCUT2D eigenvalue weighted by Crippen LogP contribution is -2.48. The number of nitrogens with zero attached hydrogens (tertiary/aromatic N) is 1. The van der Waals surface area contributed by atoms with Gasteiger partial charge in [0, 0.05) is 24.4 Å². The van der Waals surface area contributed by atoms with Crippen molar-refractivity contribution in [3.63, 3.8) is 0 Å². The fraction of sp³-hybridized carbons (Fsp3) is 0.364. The van der Waals surface area contributed by atoms with Crippen LogP contribution in [0.5, 0.6) is 5.75 Å². The van der Waals surface area contributed by atoms with Crippen molar-refractivity contribution in [1.29, 1.82) is 0 Å². The van der Waals surface area contributed by atoms with Crippen LogP contribution in [0, 0.1) is 0 Å². The highest BCUT2D eigenvalue weighted by Gasteiger charge is 2.27. The predicted octanol–water partition coefficient (Wildman–Crippen LogP) is 4.14. The molecule has 2 aromatic carbocycles. The van der Waals surface area contributed by atoms with Crippen molar-refractivity contribution < 1.29 is 14.3 Å². The molecule has 0 aliphatic carbocycles. The molecule has 156 valence electrons. The molecule has 0 saturated carbocycles. The summed E-state index contributed by atoms with van der Waals surface area (Å²) in [6.07, 6.45) is 0.544. The number of nitrogens with one attached hydrogen (secondary N) is 1. The lowest BCUT2D eigenvalue weighted by Gasteiger charge is -2.30. The van der Waals surface area contributed by atoms with Gasteiger partial charge in [0.05, 0.1) is 12.9 Å². The van der Waals surface area contributed by atoms with Crippen molar-refractivity contribution >= 4 is 35.2 Å². The van der Waals surface area contributed by atoms with Gasteiger partial charge in [0.1, 0.15) is 11.8 Å². The molecule has 2 aromatic rings. The molecule has 0 bridgehead atoms. The minimum Gasteiger partial charge on any atom is -0.497 e. The largest absolute Gasteiger partial charge is 0.497 e. The van der Waals surface area contributed by atoms with E-state index in [0.717, 1.165) is 16.9 Å². The fourth-order valence-electron chi connectivity index (χ4n) is 2.93. The molecule has 0 radical (unpaired) electrons. The second-order valence-corrected chi connectivity index (χ2v) is 7.95. The second-order valence-electron chi connectivity index (χ2n) is 6.53. The van der Waals surface area contributed by atoms with Gasteiger partial charge in [-0.15, -0.1) is 11.8 Å². The van der Waals surface area contributed by atoms with E-state index >= 15 is 0 Å². The Kier molecular flexibility index (Phi) is 9.35. The molecule has 7 heteroatoms. The summed E-state index contributed by atoms with van der Waals surface area (Å²) in [5.41, 5.74) is 2.05. The topological polar surface area (TPSA) is 58.6 Å². The van der Waals surface area contributed by atoms with E-state index in [1.807, 2.05) is 43.3 Å². The maximum Gasteiger partial charge on any atom is 0.242 e. The van der Waals surface area contributed by atoms with Gasteiger partial charge in [0.25, 0.3) is 0 Å². The lowest BCUT2D eigenvalue weighted by molar-refractivity contribution is -0.139. The summed E-state index contributed by atoms with van der Waals surface area (Å²) in [6.45, 7) is 2.28. The molecule has 0 aromatic heterocycles. The summed E-state index contributed by atoms with van der Waals surface area (Å²) in [4.78, 5) is 27.0. The molecule has 1 atom stereocenters. The SMILES string of the molecule is CC[C@H](C(=O)NC)N(Cc1ccc(Cl)cc1)C(=O)CSCc1ccc(OC)cc1. The number of ether oxygens (including phenoxy) is 1. The maximum absolute atomic E-state index is 13.0. The van der Waals surface area contributed by atoms with Crippen LogP contribution in [-0.2, 0) is 21.9 Å². The number of hydrogen-bond donors (Lipinski definition) is 1. The minimum atomic E-state index is -0.509. The highest BCUT2D eigenvalue weighted by atomic mass is 35.5. The molecule has 5 nitrogen and oxygen atoms in total. The number of methoxy groups -OCH3 is 1. The summed E-state index contributed by atoms with van der Waals surface area (Å²) in [5, 5.41) is 3.31. The fourth-order valence-corrected chi connectivity index (χ4v) is 3.93. The van der Waals surface area contributed by atoms with Crippen molar-refractivity contribution in [3.05, 3.63) is 64.7 Å². The molecule has 0 unspecified atom stereocenters. The third-order valence-corrected chi connectivity index (χ3v) is 5.79. The van der Waals surface area contributed by atoms with E-state index in [4.69, 9.17) is 16.3 Å². The number of benzene rings is 2. The predicted molar refractivity (Wildman–Crippen MR) is 119 cm³/mol. The van der Waals surface area contributed by atoms with Gasteiger partial charge >= 0.3 is 0 Å². The quantitative estimate of drug-likeness (QED) is 0.610. The molecule has 29 heavy (non-hydrogen) atoms. The van der Waals surface area contributed by atoms with E-state index in [-0.39, 0.29) is 11.8 Å². The third-order valence-electron chi connectivity index (χ3n) is 4.55.